The van der Waals surface area contributed by atoms with Crippen LogP contribution in [0, 0.1) is 0 Å². The Bertz CT molecular complexity index is 162. The molecule has 0 saturated carbocycles. The molecule has 1 N–H and O–H groups in total. The Balaban J connectivity index is 2.34. The van der Waals surface area contributed by atoms with Gasteiger partial charge in [-0.1, -0.05) is 13.3 Å². The Kier molecular flexibility index (Phi) is 5.62. The summed E-state index contributed by atoms with van der Waals surface area (Å²) in [5, 5.41) is 3.64. The quantitative estimate of drug-likeness (QED) is 0.753. The number of hydrogen-bond acceptors (Lipinski definition) is 2. The van der Waals surface area contributed by atoms with Crippen molar-refractivity contribution in [2.24, 2.45) is 0 Å². The molecule has 0 bridgehead atoms. The third-order valence-electron chi connectivity index (χ3n) is 3.63. The molecule has 0 radical (unpaired) electrons. The topological polar surface area (TPSA) is 15.3 Å². The molecule has 1 aliphatic heterocycles. The van der Waals surface area contributed by atoms with E-state index in [1.165, 1.54) is 38.8 Å². The average Bonchev–Trinajstić information content (AvgIpc) is 2.19. The van der Waals surface area contributed by atoms with Gasteiger partial charge in [-0.2, -0.15) is 0 Å². The summed E-state index contributed by atoms with van der Waals surface area (Å²) in [6.07, 6.45) is 5.47. The lowest BCUT2D eigenvalue weighted by Gasteiger charge is -2.35. The van der Waals surface area contributed by atoms with E-state index in [-0.39, 0.29) is 0 Å². The third-order valence-corrected chi connectivity index (χ3v) is 3.63. The molecule has 15 heavy (non-hydrogen) atoms. The highest BCUT2D eigenvalue weighted by Gasteiger charge is 2.20. The number of nitrogens with one attached hydrogen (secondary N) is 1. The van der Waals surface area contributed by atoms with Crippen molar-refractivity contribution >= 4 is 0 Å². The van der Waals surface area contributed by atoms with Gasteiger partial charge in [0.25, 0.3) is 0 Å². The molecule has 0 aromatic heterocycles. The molecule has 1 rings (SSSR count). The summed E-state index contributed by atoms with van der Waals surface area (Å²) in [4.78, 5) is 2.59. The van der Waals surface area contributed by atoms with E-state index in [9.17, 15) is 0 Å². The molecule has 0 amide bonds. The van der Waals surface area contributed by atoms with E-state index < -0.39 is 0 Å². The van der Waals surface area contributed by atoms with Crippen LogP contribution in [0.1, 0.15) is 53.4 Å². The van der Waals surface area contributed by atoms with Crippen LogP contribution in [0.25, 0.3) is 0 Å². The van der Waals surface area contributed by atoms with Gasteiger partial charge in [0.15, 0.2) is 0 Å². The second-order valence-corrected chi connectivity index (χ2v) is 5.16. The van der Waals surface area contributed by atoms with E-state index in [0.29, 0.717) is 12.1 Å². The van der Waals surface area contributed by atoms with Crippen molar-refractivity contribution in [2.75, 3.05) is 13.1 Å². The summed E-state index contributed by atoms with van der Waals surface area (Å²) in [5.41, 5.74) is 0. The standard InChI is InChI=1S/C13H28N2/c1-5-15(11(2)3)12(4)10-13-8-6-7-9-14-13/h11-14H,5-10H2,1-4H3. The molecular formula is C13H28N2. The largest absolute Gasteiger partial charge is 0.314 e. The van der Waals surface area contributed by atoms with Gasteiger partial charge in [0, 0.05) is 18.1 Å². The van der Waals surface area contributed by atoms with Crippen LogP contribution in [0.4, 0.5) is 0 Å². The molecule has 1 heterocycles. The summed E-state index contributed by atoms with van der Waals surface area (Å²) in [5.74, 6) is 0. The Labute approximate surface area is 95.4 Å². The first-order valence-corrected chi connectivity index (χ1v) is 6.64. The number of piperidine rings is 1. The van der Waals surface area contributed by atoms with Gasteiger partial charge in [-0.15, -0.1) is 0 Å². The highest BCUT2D eigenvalue weighted by Crippen LogP contribution is 2.16. The zero-order valence-corrected chi connectivity index (χ0v) is 10.9. The van der Waals surface area contributed by atoms with Crippen LogP contribution in [0.2, 0.25) is 0 Å². The molecule has 90 valence electrons. The molecule has 0 aromatic carbocycles. The van der Waals surface area contributed by atoms with Crippen LogP contribution in [-0.2, 0) is 0 Å². The van der Waals surface area contributed by atoms with Crippen LogP contribution in [-0.4, -0.2) is 36.1 Å². The third kappa shape index (κ3) is 4.12. The van der Waals surface area contributed by atoms with Gasteiger partial charge in [-0.05, 0) is 53.1 Å². The van der Waals surface area contributed by atoms with E-state index in [4.69, 9.17) is 0 Å². The average molecular weight is 212 g/mol. The Morgan fingerprint density at radius 3 is 2.47 bits per heavy atom. The van der Waals surface area contributed by atoms with Crippen LogP contribution < -0.4 is 5.32 Å². The Hall–Kier alpha value is -0.0800. The highest BCUT2D eigenvalue weighted by molar-refractivity contribution is 4.79. The zero-order valence-electron chi connectivity index (χ0n) is 10.9. The number of rotatable bonds is 5. The molecule has 2 heteroatoms. The van der Waals surface area contributed by atoms with Crippen molar-refractivity contribution < 1.29 is 0 Å². The van der Waals surface area contributed by atoms with Gasteiger partial charge < -0.3 is 5.32 Å². The smallest absolute Gasteiger partial charge is 0.00843 e. The van der Waals surface area contributed by atoms with E-state index in [0.717, 1.165) is 6.04 Å². The van der Waals surface area contributed by atoms with Gasteiger partial charge in [-0.3, -0.25) is 4.90 Å². The van der Waals surface area contributed by atoms with Gasteiger partial charge in [-0.25, -0.2) is 0 Å². The Morgan fingerprint density at radius 1 is 1.27 bits per heavy atom. The minimum absolute atomic E-state index is 0.675. The van der Waals surface area contributed by atoms with Crippen molar-refractivity contribution in [3.05, 3.63) is 0 Å². The maximum Gasteiger partial charge on any atom is 0.00843 e. The maximum atomic E-state index is 3.64. The van der Waals surface area contributed by atoms with Crippen LogP contribution in [0.5, 0.6) is 0 Å². The maximum absolute atomic E-state index is 3.64. The number of nitrogens with zero attached hydrogens (tertiary/aromatic N) is 1. The van der Waals surface area contributed by atoms with Gasteiger partial charge >= 0.3 is 0 Å². The van der Waals surface area contributed by atoms with Crippen LogP contribution in [0.3, 0.4) is 0 Å². The van der Waals surface area contributed by atoms with E-state index in [1.807, 2.05) is 0 Å². The lowest BCUT2D eigenvalue weighted by molar-refractivity contribution is 0.150. The first-order valence-electron chi connectivity index (χ1n) is 6.64. The molecular weight excluding hydrogens is 184 g/mol. The first kappa shape index (κ1) is 13.0. The predicted molar refractivity (Wildman–Crippen MR) is 67.2 cm³/mol. The Morgan fingerprint density at radius 2 is 2.00 bits per heavy atom. The molecule has 2 nitrogen and oxygen atoms in total. The second kappa shape index (κ2) is 6.49. The van der Waals surface area contributed by atoms with Gasteiger partial charge in [0.05, 0.1) is 0 Å². The van der Waals surface area contributed by atoms with Crippen molar-refractivity contribution in [2.45, 2.75) is 71.5 Å². The molecule has 0 spiro atoms. The zero-order chi connectivity index (χ0) is 11.3. The van der Waals surface area contributed by atoms with E-state index >= 15 is 0 Å². The molecule has 2 unspecified atom stereocenters. The highest BCUT2D eigenvalue weighted by atomic mass is 15.2. The number of hydrogen-bond donors (Lipinski definition) is 1. The van der Waals surface area contributed by atoms with E-state index in [1.54, 1.807) is 0 Å². The summed E-state index contributed by atoms with van der Waals surface area (Å²) in [6, 6.07) is 2.15. The van der Waals surface area contributed by atoms with Crippen molar-refractivity contribution in [1.82, 2.24) is 10.2 Å². The summed E-state index contributed by atoms with van der Waals surface area (Å²) < 4.78 is 0. The first-order chi connectivity index (χ1) is 7.15. The minimum atomic E-state index is 0.675. The van der Waals surface area contributed by atoms with Crippen molar-refractivity contribution in [3.8, 4) is 0 Å². The monoisotopic (exact) mass is 212 g/mol. The molecule has 1 aliphatic rings. The fourth-order valence-corrected chi connectivity index (χ4v) is 2.86. The summed E-state index contributed by atoms with van der Waals surface area (Å²) in [6.45, 7) is 11.6. The second-order valence-electron chi connectivity index (χ2n) is 5.16. The SMILES string of the molecule is CCN(C(C)C)C(C)CC1CCCCN1. The van der Waals surface area contributed by atoms with Gasteiger partial charge in [0.2, 0.25) is 0 Å². The van der Waals surface area contributed by atoms with Crippen molar-refractivity contribution in [1.29, 1.82) is 0 Å². The lowest BCUT2D eigenvalue weighted by Crippen LogP contribution is -2.44. The fourth-order valence-electron chi connectivity index (χ4n) is 2.86. The van der Waals surface area contributed by atoms with E-state index in [2.05, 4.69) is 37.9 Å². The van der Waals surface area contributed by atoms with Crippen molar-refractivity contribution in [3.63, 3.8) is 0 Å². The van der Waals surface area contributed by atoms with Gasteiger partial charge in [0.1, 0.15) is 0 Å². The van der Waals surface area contributed by atoms with Crippen LogP contribution in [0.15, 0.2) is 0 Å². The van der Waals surface area contributed by atoms with Crippen LogP contribution >= 0.6 is 0 Å². The summed E-state index contributed by atoms with van der Waals surface area (Å²) >= 11 is 0. The normalized spacial score (nSPS) is 24.8. The molecule has 2 atom stereocenters. The summed E-state index contributed by atoms with van der Waals surface area (Å²) in [7, 11) is 0. The lowest BCUT2D eigenvalue weighted by atomic mass is 9.97. The molecule has 1 saturated heterocycles. The predicted octanol–water partition coefficient (Wildman–Crippen LogP) is 2.64. The minimum Gasteiger partial charge on any atom is -0.314 e. The molecule has 0 aliphatic carbocycles. The molecule has 1 fully saturated rings. The fraction of sp³-hybridized carbons (Fsp3) is 1.00. The molecule has 0 aromatic rings.